The van der Waals surface area contributed by atoms with Gasteiger partial charge in [-0.25, -0.2) is 8.78 Å². The second-order valence-electron chi connectivity index (χ2n) is 6.44. The molecule has 0 unspecified atom stereocenters. The first-order valence-electron chi connectivity index (χ1n) is 8.37. The Morgan fingerprint density at radius 2 is 1.80 bits per heavy atom. The summed E-state index contributed by atoms with van der Waals surface area (Å²) in [7, 11) is 0. The first kappa shape index (κ1) is 15.9. The zero-order valence-corrected chi connectivity index (χ0v) is 13.8. The Morgan fingerprint density at radius 1 is 0.960 bits per heavy atom. The van der Waals surface area contributed by atoms with Crippen molar-refractivity contribution in [2.75, 3.05) is 6.54 Å². The highest BCUT2D eigenvalue weighted by molar-refractivity contribution is 5.63. The third-order valence-electron chi connectivity index (χ3n) is 4.65. The summed E-state index contributed by atoms with van der Waals surface area (Å²) < 4.78 is 27.5. The van der Waals surface area contributed by atoms with Gasteiger partial charge in [-0.3, -0.25) is 9.88 Å². The zero-order chi connectivity index (χ0) is 17.2. The number of rotatable bonds is 3. The maximum atomic E-state index is 14.0. The minimum atomic E-state index is -0.450. The third kappa shape index (κ3) is 3.44. The van der Waals surface area contributed by atoms with Gasteiger partial charge in [0.1, 0.15) is 11.6 Å². The molecule has 4 heteroatoms. The van der Waals surface area contributed by atoms with Crippen LogP contribution in [0.15, 0.2) is 60.9 Å². The van der Waals surface area contributed by atoms with Crippen LogP contribution in [0.3, 0.4) is 0 Å². The number of hydrogen-bond donors (Lipinski definition) is 0. The summed E-state index contributed by atoms with van der Waals surface area (Å²) in [5.74, 6) is -0.887. The van der Waals surface area contributed by atoms with E-state index in [4.69, 9.17) is 0 Å². The van der Waals surface area contributed by atoms with Crippen molar-refractivity contribution < 1.29 is 8.78 Å². The lowest BCUT2D eigenvalue weighted by Gasteiger charge is -2.28. The molecule has 4 rings (SSSR count). The largest absolute Gasteiger partial charge is 0.294 e. The summed E-state index contributed by atoms with van der Waals surface area (Å²) in [6, 6.07) is 13.9. The van der Waals surface area contributed by atoms with Crippen molar-refractivity contribution >= 4 is 0 Å². The quantitative estimate of drug-likeness (QED) is 0.696. The van der Waals surface area contributed by atoms with Gasteiger partial charge in [0.15, 0.2) is 0 Å². The number of pyridine rings is 1. The molecule has 0 atom stereocenters. The fourth-order valence-electron chi connectivity index (χ4n) is 3.39. The average molecular weight is 336 g/mol. The molecule has 0 saturated heterocycles. The standard InChI is InChI=1S/C21H18F2N2/c22-19-5-6-21(23)20(10-19)18-9-15(11-24-12-18)13-25-8-7-16-3-1-2-4-17(16)14-25/h1-6,9-12H,7-8,13-14H2. The van der Waals surface area contributed by atoms with Crippen molar-refractivity contribution in [1.82, 2.24) is 9.88 Å². The van der Waals surface area contributed by atoms with Gasteiger partial charge in [0.25, 0.3) is 0 Å². The van der Waals surface area contributed by atoms with E-state index in [-0.39, 0.29) is 5.56 Å². The molecule has 0 amide bonds. The maximum Gasteiger partial charge on any atom is 0.131 e. The Labute approximate surface area is 145 Å². The Morgan fingerprint density at radius 3 is 2.68 bits per heavy atom. The second-order valence-corrected chi connectivity index (χ2v) is 6.44. The summed E-state index contributed by atoms with van der Waals surface area (Å²) in [6.45, 7) is 2.62. The fraction of sp³-hybridized carbons (Fsp3) is 0.190. The Balaban J connectivity index is 1.56. The van der Waals surface area contributed by atoms with Gasteiger partial charge in [0, 0.05) is 43.2 Å². The summed E-state index contributed by atoms with van der Waals surface area (Å²) in [6.07, 6.45) is 4.40. The molecule has 0 radical (unpaired) electrons. The SMILES string of the molecule is Fc1ccc(F)c(-c2cncc(CN3CCc4ccccc4C3)c2)c1. The van der Waals surface area contributed by atoms with E-state index >= 15 is 0 Å². The molecule has 1 aliphatic heterocycles. The predicted molar refractivity (Wildman–Crippen MR) is 93.8 cm³/mol. The highest BCUT2D eigenvalue weighted by atomic mass is 19.1. The van der Waals surface area contributed by atoms with Gasteiger partial charge < -0.3 is 0 Å². The Kier molecular flexibility index (Phi) is 4.28. The van der Waals surface area contributed by atoms with Crippen LogP contribution in [0.25, 0.3) is 11.1 Å². The molecule has 0 spiro atoms. The highest BCUT2D eigenvalue weighted by Gasteiger charge is 2.16. The van der Waals surface area contributed by atoms with Crippen LogP contribution >= 0.6 is 0 Å². The van der Waals surface area contributed by atoms with E-state index in [0.717, 1.165) is 43.8 Å². The van der Waals surface area contributed by atoms with Gasteiger partial charge in [-0.05, 0) is 47.4 Å². The molecule has 25 heavy (non-hydrogen) atoms. The molecule has 0 fully saturated rings. The molecule has 1 aromatic heterocycles. The van der Waals surface area contributed by atoms with Crippen LogP contribution in [0, 0.1) is 11.6 Å². The molecular formula is C21H18F2N2. The van der Waals surface area contributed by atoms with Crippen LogP contribution in [0.1, 0.15) is 16.7 Å². The minimum Gasteiger partial charge on any atom is -0.294 e. The van der Waals surface area contributed by atoms with Crippen LogP contribution < -0.4 is 0 Å². The van der Waals surface area contributed by atoms with E-state index in [1.165, 1.54) is 17.2 Å². The van der Waals surface area contributed by atoms with Gasteiger partial charge in [0.05, 0.1) is 0 Å². The zero-order valence-electron chi connectivity index (χ0n) is 13.8. The van der Waals surface area contributed by atoms with E-state index in [1.807, 2.05) is 6.07 Å². The number of nitrogens with zero attached hydrogens (tertiary/aromatic N) is 2. The van der Waals surface area contributed by atoms with Crippen molar-refractivity contribution in [3.63, 3.8) is 0 Å². The van der Waals surface area contributed by atoms with E-state index in [0.29, 0.717) is 5.56 Å². The van der Waals surface area contributed by atoms with Crippen molar-refractivity contribution in [3.8, 4) is 11.1 Å². The van der Waals surface area contributed by atoms with Crippen molar-refractivity contribution in [2.24, 2.45) is 0 Å². The molecule has 3 aromatic rings. The average Bonchev–Trinajstić information content (AvgIpc) is 2.64. The van der Waals surface area contributed by atoms with Crippen molar-refractivity contribution in [2.45, 2.75) is 19.5 Å². The van der Waals surface area contributed by atoms with Gasteiger partial charge in [-0.15, -0.1) is 0 Å². The van der Waals surface area contributed by atoms with Crippen LogP contribution in [0.4, 0.5) is 8.78 Å². The first-order chi connectivity index (χ1) is 12.2. The highest BCUT2D eigenvalue weighted by Crippen LogP contribution is 2.25. The normalized spacial score (nSPS) is 14.3. The summed E-state index contributed by atoms with van der Waals surface area (Å²) in [4.78, 5) is 6.58. The lowest BCUT2D eigenvalue weighted by Crippen LogP contribution is -2.30. The van der Waals surface area contributed by atoms with E-state index in [2.05, 4.69) is 34.1 Å². The van der Waals surface area contributed by atoms with E-state index in [1.54, 1.807) is 12.4 Å². The van der Waals surface area contributed by atoms with Crippen LogP contribution in [-0.4, -0.2) is 16.4 Å². The number of aromatic nitrogens is 1. The molecule has 0 saturated carbocycles. The monoisotopic (exact) mass is 336 g/mol. The predicted octanol–water partition coefficient (Wildman–Crippen LogP) is 4.59. The minimum absolute atomic E-state index is 0.248. The Bertz CT molecular complexity index is 908. The topological polar surface area (TPSA) is 16.1 Å². The summed E-state index contributed by atoms with van der Waals surface area (Å²) >= 11 is 0. The number of fused-ring (bicyclic) bond motifs is 1. The molecule has 0 N–H and O–H groups in total. The lowest BCUT2D eigenvalue weighted by atomic mass is 9.99. The van der Waals surface area contributed by atoms with Gasteiger partial charge in [-0.1, -0.05) is 24.3 Å². The van der Waals surface area contributed by atoms with Gasteiger partial charge >= 0.3 is 0 Å². The third-order valence-corrected chi connectivity index (χ3v) is 4.65. The smallest absolute Gasteiger partial charge is 0.131 e. The van der Waals surface area contributed by atoms with Crippen LogP contribution in [0.2, 0.25) is 0 Å². The summed E-state index contributed by atoms with van der Waals surface area (Å²) in [5.41, 5.74) is 4.62. The van der Waals surface area contributed by atoms with Crippen LogP contribution in [0.5, 0.6) is 0 Å². The van der Waals surface area contributed by atoms with Crippen LogP contribution in [-0.2, 0) is 19.5 Å². The van der Waals surface area contributed by atoms with Crippen molar-refractivity contribution in [1.29, 1.82) is 0 Å². The van der Waals surface area contributed by atoms with E-state index in [9.17, 15) is 8.78 Å². The lowest BCUT2D eigenvalue weighted by molar-refractivity contribution is 0.245. The molecule has 2 aromatic carbocycles. The molecule has 2 nitrogen and oxygen atoms in total. The molecule has 0 bridgehead atoms. The van der Waals surface area contributed by atoms with Gasteiger partial charge in [0.2, 0.25) is 0 Å². The van der Waals surface area contributed by atoms with Crippen molar-refractivity contribution in [3.05, 3.63) is 89.2 Å². The number of hydrogen-bond acceptors (Lipinski definition) is 2. The second kappa shape index (κ2) is 6.73. The number of benzene rings is 2. The van der Waals surface area contributed by atoms with Gasteiger partial charge in [-0.2, -0.15) is 0 Å². The molecule has 1 aliphatic rings. The molecule has 126 valence electrons. The summed E-state index contributed by atoms with van der Waals surface area (Å²) in [5, 5.41) is 0. The number of halogens is 2. The molecule has 2 heterocycles. The maximum absolute atomic E-state index is 14.0. The fourth-order valence-corrected chi connectivity index (χ4v) is 3.39. The van der Waals surface area contributed by atoms with E-state index < -0.39 is 11.6 Å². The first-order valence-corrected chi connectivity index (χ1v) is 8.37. The Hall–Kier alpha value is -2.59. The molecular weight excluding hydrogens is 318 g/mol. The molecule has 0 aliphatic carbocycles.